The molecule has 0 saturated carbocycles. The summed E-state index contributed by atoms with van der Waals surface area (Å²) < 4.78 is 0. The first-order chi connectivity index (χ1) is 9.84. The molecule has 2 aliphatic rings. The van der Waals surface area contributed by atoms with Gasteiger partial charge in [-0.1, -0.05) is 23.7 Å². The van der Waals surface area contributed by atoms with Crippen molar-refractivity contribution >= 4 is 22.7 Å². The Hall–Kier alpha value is -2.18. The lowest BCUT2D eigenvalue weighted by Crippen LogP contribution is -1.90. The molecule has 2 aliphatic carbocycles. The summed E-state index contributed by atoms with van der Waals surface area (Å²) in [7, 11) is 0. The number of halogens is 1. The third-order valence-electron chi connectivity index (χ3n) is 3.82. The van der Waals surface area contributed by atoms with Crippen LogP contribution in [0.5, 0.6) is 0 Å². The lowest BCUT2D eigenvalue weighted by atomic mass is 9.94. The number of benzene rings is 2. The molecule has 94 valence electrons. The van der Waals surface area contributed by atoms with Crippen molar-refractivity contribution in [2.75, 3.05) is 0 Å². The Morgan fingerprint density at radius 2 is 1.60 bits per heavy atom. The summed E-state index contributed by atoms with van der Waals surface area (Å²) in [6.07, 6.45) is 8.58. The minimum absolute atomic E-state index is 0.772. The van der Waals surface area contributed by atoms with Crippen molar-refractivity contribution in [1.29, 1.82) is 0 Å². The van der Waals surface area contributed by atoms with Crippen LogP contribution in [-0.4, -0.2) is 0 Å². The first-order valence-electron chi connectivity index (χ1n) is 6.67. The molecular weight excluding hydrogens is 264 g/mol. The largest absolute Gasteiger partial charge is 0.113 e. The van der Waals surface area contributed by atoms with E-state index in [4.69, 9.17) is 11.6 Å². The summed E-state index contributed by atoms with van der Waals surface area (Å²) in [6.45, 7) is 0. The molecule has 1 heteroatoms. The molecule has 0 radical (unpaired) electrons. The van der Waals surface area contributed by atoms with Crippen LogP contribution in [0.1, 0.15) is 16.7 Å². The van der Waals surface area contributed by atoms with Crippen LogP contribution in [0.15, 0.2) is 72.3 Å². The average molecular weight is 276 g/mol. The highest BCUT2D eigenvalue weighted by Crippen LogP contribution is 2.46. The molecule has 20 heavy (non-hydrogen) atoms. The number of hydrogen-bond donors (Lipinski definition) is 0. The Morgan fingerprint density at radius 1 is 0.850 bits per heavy atom. The predicted molar refractivity (Wildman–Crippen MR) is 85.3 cm³/mol. The highest BCUT2D eigenvalue weighted by atomic mass is 35.5. The maximum atomic E-state index is 6.01. The van der Waals surface area contributed by atoms with Crippen LogP contribution in [0.2, 0.25) is 5.02 Å². The second-order valence-corrected chi connectivity index (χ2v) is 5.41. The number of hydrogen-bond acceptors (Lipinski definition) is 0. The van der Waals surface area contributed by atoms with Gasteiger partial charge in [0.2, 0.25) is 0 Å². The maximum Gasteiger partial charge on any atom is 0.113 e. The molecule has 0 heterocycles. The van der Waals surface area contributed by atoms with Crippen LogP contribution in [0, 0.1) is 6.42 Å². The van der Waals surface area contributed by atoms with Gasteiger partial charge in [-0.15, -0.1) is 0 Å². The SMILES string of the molecule is Clc1ccc(C2=C3[CH+]C=CC=C3c3ccccc32)cc1. The van der Waals surface area contributed by atoms with E-state index in [0.29, 0.717) is 0 Å². The fraction of sp³-hybridized carbons (Fsp3) is 0. The number of allylic oxidation sites excluding steroid dienone is 5. The Morgan fingerprint density at radius 3 is 2.40 bits per heavy atom. The highest BCUT2D eigenvalue weighted by Gasteiger charge is 2.34. The molecule has 4 rings (SSSR count). The van der Waals surface area contributed by atoms with Gasteiger partial charge in [0.1, 0.15) is 5.57 Å². The van der Waals surface area contributed by atoms with Crippen LogP contribution in [0.4, 0.5) is 0 Å². The van der Waals surface area contributed by atoms with Crippen molar-refractivity contribution in [3.63, 3.8) is 0 Å². The van der Waals surface area contributed by atoms with Crippen molar-refractivity contribution < 1.29 is 0 Å². The Kier molecular flexibility index (Phi) is 2.58. The molecule has 0 atom stereocenters. The second kappa shape index (κ2) is 4.43. The van der Waals surface area contributed by atoms with Crippen LogP contribution in [-0.2, 0) is 0 Å². The van der Waals surface area contributed by atoms with E-state index >= 15 is 0 Å². The summed E-state index contributed by atoms with van der Waals surface area (Å²) in [5.41, 5.74) is 7.74. The van der Waals surface area contributed by atoms with Crippen molar-refractivity contribution in [2.45, 2.75) is 0 Å². The van der Waals surface area contributed by atoms with Gasteiger partial charge in [-0.3, -0.25) is 0 Å². The molecule has 0 nitrogen and oxygen atoms in total. The zero-order valence-corrected chi connectivity index (χ0v) is 11.6. The summed E-state index contributed by atoms with van der Waals surface area (Å²) in [5.74, 6) is 0. The van der Waals surface area contributed by atoms with Gasteiger partial charge in [0.05, 0.1) is 11.1 Å². The molecule has 0 aromatic heterocycles. The van der Waals surface area contributed by atoms with Crippen molar-refractivity contribution in [1.82, 2.24) is 0 Å². The summed E-state index contributed by atoms with van der Waals surface area (Å²) in [6, 6.07) is 16.7. The van der Waals surface area contributed by atoms with E-state index in [9.17, 15) is 0 Å². The van der Waals surface area contributed by atoms with Gasteiger partial charge in [0, 0.05) is 46.4 Å². The van der Waals surface area contributed by atoms with Crippen molar-refractivity contribution in [3.8, 4) is 0 Å². The molecule has 0 bridgehead atoms. The lowest BCUT2D eigenvalue weighted by molar-refractivity contribution is 1.54. The Balaban J connectivity index is 1.99. The van der Waals surface area contributed by atoms with E-state index in [1.165, 1.54) is 33.4 Å². The van der Waals surface area contributed by atoms with Crippen LogP contribution >= 0.6 is 11.6 Å². The summed E-state index contributed by atoms with van der Waals surface area (Å²) >= 11 is 6.01. The molecule has 0 saturated heterocycles. The summed E-state index contributed by atoms with van der Waals surface area (Å²) in [4.78, 5) is 0. The molecule has 0 amide bonds. The van der Waals surface area contributed by atoms with Gasteiger partial charge in [0.25, 0.3) is 0 Å². The van der Waals surface area contributed by atoms with Gasteiger partial charge in [-0.2, -0.15) is 0 Å². The van der Waals surface area contributed by atoms with E-state index in [1.54, 1.807) is 0 Å². The standard InChI is InChI=1S/C19H12Cl/c20-14-11-9-13(10-12-14)19-17-7-3-1-5-15(17)16-6-2-4-8-18(16)19/h1-12H/q+1. The summed E-state index contributed by atoms with van der Waals surface area (Å²) in [5, 5.41) is 0.772. The minimum atomic E-state index is 0.772. The van der Waals surface area contributed by atoms with E-state index < -0.39 is 0 Å². The second-order valence-electron chi connectivity index (χ2n) is 4.97. The quantitative estimate of drug-likeness (QED) is 0.619. The molecule has 0 N–H and O–H groups in total. The molecule has 0 fully saturated rings. The average Bonchev–Trinajstić information content (AvgIpc) is 2.83. The molecular formula is C19H12Cl+. The van der Waals surface area contributed by atoms with Gasteiger partial charge < -0.3 is 0 Å². The van der Waals surface area contributed by atoms with Gasteiger partial charge in [-0.25, -0.2) is 0 Å². The van der Waals surface area contributed by atoms with E-state index in [0.717, 1.165) is 5.02 Å². The van der Waals surface area contributed by atoms with E-state index in [1.807, 2.05) is 12.1 Å². The number of fused-ring (bicyclic) bond motifs is 3. The Bertz CT molecular complexity index is 774. The zero-order chi connectivity index (χ0) is 13.5. The first-order valence-corrected chi connectivity index (χ1v) is 7.04. The molecule has 0 unspecified atom stereocenters. The van der Waals surface area contributed by atoms with Crippen LogP contribution < -0.4 is 0 Å². The number of rotatable bonds is 1. The van der Waals surface area contributed by atoms with Crippen LogP contribution in [0.3, 0.4) is 0 Å². The molecule has 2 aromatic rings. The van der Waals surface area contributed by atoms with Gasteiger partial charge >= 0.3 is 0 Å². The van der Waals surface area contributed by atoms with E-state index in [-0.39, 0.29) is 0 Å². The molecule has 0 spiro atoms. The fourth-order valence-electron chi connectivity index (χ4n) is 2.94. The Labute approximate surface area is 123 Å². The third-order valence-corrected chi connectivity index (χ3v) is 4.07. The van der Waals surface area contributed by atoms with Crippen molar-refractivity contribution in [2.24, 2.45) is 0 Å². The molecule has 0 aliphatic heterocycles. The normalized spacial score (nSPS) is 15.6. The minimum Gasteiger partial charge on any atom is -0.0843 e. The molecule has 2 aromatic carbocycles. The third kappa shape index (κ3) is 1.65. The zero-order valence-electron chi connectivity index (χ0n) is 10.8. The van der Waals surface area contributed by atoms with E-state index in [2.05, 4.69) is 61.0 Å². The van der Waals surface area contributed by atoms with Gasteiger partial charge in [-0.05, 0) is 36.4 Å². The lowest BCUT2D eigenvalue weighted by Gasteiger charge is -2.03. The highest BCUT2D eigenvalue weighted by molar-refractivity contribution is 6.30. The first kappa shape index (κ1) is 11.6. The topological polar surface area (TPSA) is 0 Å². The fourth-order valence-corrected chi connectivity index (χ4v) is 3.07. The van der Waals surface area contributed by atoms with Gasteiger partial charge in [0.15, 0.2) is 0 Å². The van der Waals surface area contributed by atoms with Crippen LogP contribution in [0.25, 0.3) is 11.1 Å². The van der Waals surface area contributed by atoms with Crippen molar-refractivity contribution in [3.05, 3.63) is 100 Å². The smallest absolute Gasteiger partial charge is 0.0843 e. The maximum absolute atomic E-state index is 6.01. The monoisotopic (exact) mass is 275 g/mol. The predicted octanol–water partition coefficient (Wildman–Crippen LogP) is 5.31.